The molecule has 0 bridgehead atoms. The molecule has 2 aromatic carbocycles. The Morgan fingerprint density at radius 2 is 1.91 bits per heavy atom. The number of hydrogen-bond donors (Lipinski definition) is 0. The Morgan fingerprint density at radius 3 is 2.60 bits per heavy atom. The number of ether oxygens (including phenoxy) is 3. The van der Waals surface area contributed by atoms with Crippen LogP contribution in [0.15, 0.2) is 68.0 Å². The Bertz CT molecular complexity index is 1970. The second-order valence-corrected chi connectivity index (χ2v) is 12.3. The minimum absolute atomic E-state index is 0.0540. The van der Waals surface area contributed by atoms with Crippen molar-refractivity contribution in [3.8, 4) is 5.75 Å². The van der Waals surface area contributed by atoms with Gasteiger partial charge in [-0.25, -0.2) is 9.79 Å². The van der Waals surface area contributed by atoms with Gasteiger partial charge in [-0.15, -0.1) is 0 Å². The number of carbonyl (C=O) groups is 2. The molecule has 0 aliphatic carbocycles. The number of halogens is 1. The lowest BCUT2D eigenvalue weighted by Crippen LogP contribution is -2.40. The highest BCUT2D eigenvalue weighted by Crippen LogP contribution is 2.37. The van der Waals surface area contributed by atoms with Crippen LogP contribution in [0.4, 0.5) is 0 Å². The summed E-state index contributed by atoms with van der Waals surface area (Å²) >= 11 is 4.78. The number of esters is 2. The van der Waals surface area contributed by atoms with Crippen LogP contribution in [-0.4, -0.2) is 40.9 Å². The van der Waals surface area contributed by atoms with Gasteiger partial charge >= 0.3 is 11.9 Å². The van der Waals surface area contributed by atoms with Gasteiger partial charge in [0.05, 0.1) is 35.6 Å². The van der Waals surface area contributed by atoms with Crippen molar-refractivity contribution in [1.82, 2.24) is 9.13 Å². The fraction of sp³-hybridized carbons (Fsp3) is 0.312. The summed E-state index contributed by atoms with van der Waals surface area (Å²) in [6.07, 6.45) is 1.47. The molecule has 0 radical (unpaired) electrons. The molecule has 0 saturated heterocycles. The molecule has 1 aliphatic rings. The third kappa shape index (κ3) is 5.71. The number of methoxy groups -OCH3 is 1. The Balaban J connectivity index is 1.76. The van der Waals surface area contributed by atoms with E-state index >= 15 is 0 Å². The zero-order chi connectivity index (χ0) is 31.0. The van der Waals surface area contributed by atoms with Gasteiger partial charge in [-0.05, 0) is 65.0 Å². The molecule has 9 nitrogen and oxygen atoms in total. The van der Waals surface area contributed by atoms with Gasteiger partial charge in [0.2, 0.25) is 0 Å². The topological polar surface area (TPSA) is 101 Å². The monoisotopic (exact) mass is 665 g/mol. The molecule has 4 aromatic rings. The fourth-order valence-electron chi connectivity index (χ4n) is 5.38. The molecule has 0 N–H and O–H groups in total. The maximum absolute atomic E-state index is 14.3. The summed E-state index contributed by atoms with van der Waals surface area (Å²) in [6, 6.07) is 12.4. The lowest BCUT2D eigenvalue weighted by Gasteiger charge is -2.26. The molecule has 11 heteroatoms. The molecule has 0 fully saturated rings. The molecular weight excluding hydrogens is 634 g/mol. The molecule has 224 valence electrons. The third-order valence-corrected chi connectivity index (χ3v) is 8.69. The van der Waals surface area contributed by atoms with Crippen LogP contribution in [-0.2, 0) is 25.6 Å². The Kier molecular flexibility index (Phi) is 8.75. The largest absolute Gasteiger partial charge is 0.496 e. The van der Waals surface area contributed by atoms with E-state index < -0.39 is 12.0 Å². The highest BCUT2D eigenvalue weighted by atomic mass is 79.9. The van der Waals surface area contributed by atoms with Gasteiger partial charge in [-0.1, -0.05) is 45.5 Å². The van der Waals surface area contributed by atoms with E-state index in [9.17, 15) is 14.4 Å². The number of hydrogen-bond acceptors (Lipinski definition) is 8. The van der Waals surface area contributed by atoms with E-state index in [-0.39, 0.29) is 29.8 Å². The smallest absolute Gasteiger partial charge is 0.338 e. The predicted octanol–water partition coefficient (Wildman–Crippen LogP) is 4.78. The highest BCUT2D eigenvalue weighted by molar-refractivity contribution is 9.10. The van der Waals surface area contributed by atoms with Crippen molar-refractivity contribution in [1.29, 1.82) is 0 Å². The van der Waals surface area contributed by atoms with Gasteiger partial charge in [-0.3, -0.25) is 14.2 Å². The maximum atomic E-state index is 14.3. The molecule has 0 spiro atoms. The lowest BCUT2D eigenvalue weighted by atomic mass is 9.95. The summed E-state index contributed by atoms with van der Waals surface area (Å²) in [6.45, 7) is 9.34. The number of nitrogens with zero attached hydrogens (tertiary/aromatic N) is 3. The Labute approximate surface area is 260 Å². The average molecular weight is 667 g/mol. The molecule has 43 heavy (non-hydrogen) atoms. The first kappa shape index (κ1) is 30.5. The van der Waals surface area contributed by atoms with Gasteiger partial charge in [0.15, 0.2) is 4.80 Å². The van der Waals surface area contributed by atoms with Gasteiger partial charge in [0.1, 0.15) is 18.3 Å². The van der Waals surface area contributed by atoms with Crippen molar-refractivity contribution >= 4 is 56.2 Å². The molecule has 3 heterocycles. The van der Waals surface area contributed by atoms with E-state index in [4.69, 9.17) is 19.2 Å². The molecule has 0 unspecified atom stereocenters. The first-order valence-electron chi connectivity index (χ1n) is 13.9. The van der Waals surface area contributed by atoms with Crippen molar-refractivity contribution in [3.05, 3.63) is 94.7 Å². The SMILES string of the molecule is CCOC(=O)Cn1c(C)c(/C=c2\sc3n(c2=O)[C@H](c2cc(Br)ccc2OC)C(C(=O)OC(C)C)=C(C)N=3)c2ccccc21. The number of thiazole rings is 1. The van der Waals surface area contributed by atoms with Gasteiger partial charge in [0.25, 0.3) is 5.56 Å². The minimum Gasteiger partial charge on any atom is -0.496 e. The molecule has 0 saturated carbocycles. The standard InChI is InChI=1S/C32H32BrN3O6S/c1-7-41-27(37)16-35-19(5)22(21-10-8-9-11-24(21)35)15-26-30(38)36-29(23-14-20(33)12-13-25(23)40-6)28(31(39)42-17(2)3)18(4)34-32(36)43-26/h8-15,17,29H,7,16H2,1-6H3/b26-15-/t29-/m1/s1. The summed E-state index contributed by atoms with van der Waals surface area (Å²) < 4.78 is 21.1. The van der Waals surface area contributed by atoms with Crippen LogP contribution in [0.25, 0.3) is 17.0 Å². The normalized spacial score (nSPS) is 15.1. The fourth-order valence-corrected chi connectivity index (χ4v) is 6.79. The zero-order valence-electron chi connectivity index (χ0n) is 24.8. The summed E-state index contributed by atoms with van der Waals surface area (Å²) in [4.78, 5) is 45.3. The van der Waals surface area contributed by atoms with E-state index in [1.807, 2.05) is 54.0 Å². The van der Waals surface area contributed by atoms with Crippen molar-refractivity contribution in [2.24, 2.45) is 4.99 Å². The van der Waals surface area contributed by atoms with Crippen LogP contribution < -0.4 is 19.6 Å². The van der Waals surface area contributed by atoms with Crippen molar-refractivity contribution in [2.45, 2.75) is 53.3 Å². The van der Waals surface area contributed by atoms with Crippen LogP contribution in [0.1, 0.15) is 50.6 Å². The number of aromatic nitrogens is 2. The van der Waals surface area contributed by atoms with Crippen molar-refractivity contribution in [3.63, 3.8) is 0 Å². The highest BCUT2D eigenvalue weighted by Gasteiger charge is 2.35. The Hall–Kier alpha value is -3.96. The summed E-state index contributed by atoms with van der Waals surface area (Å²) in [5.74, 6) is -0.364. The van der Waals surface area contributed by atoms with Crippen LogP contribution >= 0.6 is 27.3 Å². The van der Waals surface area contributed by atoms with E-state index in [0.29, 0.717) is 33.0 Å². The third-order valence-electron chi connectivity index (χ3n) is 7.22. The number of para-hydroxylation sites is 1. The quantitative estimate of drug-likeness (QED) is 0.251. The second kappa shape index (κ2) is 12.3. The second-order valence-electron chi connectivity index (χ2n) is 10.3. The van der Waals surface area contributed by atoms with Gasteiger partial charge in [0, 0.05) is 32.2 Å². The molecule has 0 amide bonds. The van der Waals surface area contributed by atoms with E-state index in [1.54, 1.807) is 40.9 Å². The van der Waals surface area contributed by atoms with Crippen LogP contribution in [0.5, 0.6) is 5.75 Å². The first-order chi connectivity index (χ1) is 20.5. The van der Waals surface area contributed by atoms with Crippen molar-refractivity contribution < 1.29 is 23.8 Å². The van der Waals surface area contributed by atoms with Crippen LogP contribution in [0.3, 0.4) is 0 Å². The van der Waals surface area contributed by atoms with Crippen LogP contribution in [0, 0.1) is 6.92 Å². The number of fused-ring (bicyclic) bond motifs is 2. The molecule has 5 rings (SSSR count). The van der Waals surface area contributed by atoms with Gasteiger partial charge in [-0.2, -0.15) is 0 Å². The van der Waals surface area contributed by atoms with E-state index in [1.165, 1.54) is 15.9 Å². The van der Waals surface area contributed by atoms with Gasteiger partial charge < -0.3 is 18.8 Å². The zero-order valence-corrected chi connectivity index (χ0v) is 27.2. The maximum Gasteiger partial charge on any atom is 0.338 e. The Morgan fingerprint density at radius 1 is 1.16 bits per heavy atom. The van der Waals surface area contributed by atoms with E-state index in [0.717, 1.165) is 26.6 Å². The number of rotatable bonds is 8. The predicted molar refractivity (Wildman–Crippen MR) is 169 cm³/mol. The van der Waals surface area contributed by atoms with Crippen LogP contribution in [0.2, 0.25) is 0 Å². The summed E-state index contributed by atoms with van der Waals surface area (Å²) in [5.41, 5.74) is 3.55. The molecule has 1 aliphatic heterocycles. The molecule has 1 atom stereocenters. The summed E-state index contributed by atoms with van der Waals surface area (Å²) in [7, 11) is 1.55. The number of benzene rings is 2. The minimum atomic E-state index is -0.830. The molecular formula is C32H32BrN3O6S. The number of allylic oxidation sites excluding steroid dienone is 1. The summed E-state index contributed by atoms with van der Waals surface area (Å²) in [5, 5.41) is 0.901. The molecule has 2 aromatic heterocycles. The average Bonchev–Trinajstić information content (AvgIpc) is 3.40. The number of carbonyl (C=O) groups excluding carboxylic acids is 2. The van der Waals surface area contributed by atoms with Crippen molar-refractivity contribution in [2.75, 3.05) is 13.7 Å². The van der Waals surface area contributed by atoms with E-state index in [2.05, 4.69) is 15.9 Å². The first-order valence-corrected chi connectivity index (χ1v) is 15.5. The lowest BCUT2D eigenvalue weighted by molar-refractivity contribution is -0.144.